The van der Waals surface area contributed by atoms with Gasteiger partial charge in [0.2, 0.25) is 5.95 Å². The van der Waals surface area contributed by atoms with Crippen molar-refractivity contribution in [2.45, 2.75) is 44.2 Å². The van der Waals surface area contributed by atoms with E-state index in [4.69, 9.17) is 0 Å². The number of nitro groups is 1. The zero-order valence-corrected chi connectivity index (χ0v) is 11.4. The van der Waals surface area contributed by atoms with E-state index < -0.39 is 4.92 Å². The van der Waals surface area contributed by atoms with E-state index in [0.29, 0.717) is 18.0 Å². The van der Waals surface area contributed by atoms with Crippen LogP contribution in [0.25, 0.3) is 0 Å². The third-order valence-electron chi connectivity index (χ3n) is 4.20. The summed E-state index contributed by atoms with van der Waals surface area (Å²) < 4.78 is 0. The normalized spacial score (nSPS) is 26.7. The van der Waals surface area contributed by atoms with Crippen molar-refractivity contribution in [2.24, 2.45) is 0 Å². The minimum Gasteiger partial charge on any atom is -0.336 e. The first-order chi connectivity index (χ1) is 9.75. The number of anilines is 1. The van der Waals surface area contributed by atoms with Crippen LogP contribution in [0.1, 0.15) is 32.1 Å². The molecule has 2 saturated heterocycles. The summed E-state index contributed by atoms with van der Waals surface area (Å²) in [5.41, 5.74) is -0.0544. The molecule has 0 aromatic carbocycles. The Balaban J connectivity index is 1.79. The van der Waals surface area contributed by atoms with E-state index in [-0.39, 0.29) is 5.69 Å². The van der Waals surface area contributed by atoms with E-state index in [2.05, 4.69) is 20.2 Å². The van der Waals surface area contributed by atoms with Crippen molar-refractivity contribution in [1.82, 2.24) is 15.3 Å². The number of rotatable bonds is 3. The molecule has 2 aliphatic rings. The highest BCUT2D eigenvalue weighted by Crippen LogP contribution is 2.27. The standard InChI is InChI=1S/C13H19N5O2/c19-18(20)10-8-15-13(16-9-10)17-7-2-1-5-12(17)11-4-3-6-14-11/h8-9,11-12,14H,1-7H2. The highest BCUT2D eigenvalue weighted by Gasteiger charge is 2.33. The van der Waals surface area contributed by atoms with Crippen LogP contribution in [0.2, 0.25) is 0 Å². The van der Waals surface area contributed by atoms with Gasteiger partial charge in [0.25, 0.3) is 0 Å². The van der Waals surface area contributed by atoms with Crippen molar-refractivity contribution in [3.8, 4) is 0 Å². The van der Waals surface area contributed by atoms with Crippen LogP contribution in [-0.4, -0.2) is 40.1 Å². The summed E-state index contributed by atoms with van der Waals surface area (Å²) in [5, 5.41) is 14.2. The van der Waals surface area contributed by atoms with Crippen LogP contribution >= 0.6 is 0 Å². The molecule has 108 valence electrons. The van der Waals surface area contributed by atoms with Gasteiger partial charge in [-0.05, 0) is 38.6 Å². The van der Waals surface area contributed by atoms with Gasteiger partial charge in [-0.15, -0.1) is 0 Å². The maximum absolute atomic E-state index is 10.7. The molecule has 20 heavy (non-hydrogen) atoms. The Morgan fingerprint density at radius 2 is 2.05 bits per heavy atom. The molecule has 0 saturated carbocycles. The molecule has 2 fully saturated rings. The smallest absolute Gasteiger partial charge is 0.305 e. The maximum atomic E-state index is 10.7. The summed E-state index contributed by atoms with van der Waals surface area (Å²) in [7, 11) is 0. The SMILES string of the molecule is O=[N+]([O-])c1cnc(N2CCCCC2C2CCCN2)nc1. The average Bonchev–Trinajstić information content (AvgIpc) is 3.01. The Hall–Kier alpha value is -1.76. The predicted octanol–water partition coefficient (Wildman–Crippen LogP) is 1.50. The van der Waals surface area contributed by atoms with E-state index >= 15 is 0 Å². The number of hydrogen-bond donors (Lipinski definition) is 1. The number of hydrogen-bond acceptors (Lipinski definition) is 6. The van der Waals surface area contributed by atoms with E-state index in [1.165, 1.54) is 31.7 Å². The van der Waals surface area contributed by atoms with Crippen LogP contribution in [0, 0.1) is 10.1 Å². The van der Waals surface area contributed by atoms with Crippen molar-refractivity contribution in [2.75, 3.05) is 18.0 Å². The van der Waals surface area contributed by atoms with E-state index in [9.17, 15) is 10.1 Å². The van der Waals surface area contributed by atoms with E-state index in [0.717, 1.165) is 25.9 Å². The van der Waals surface area contributed by atoms with Gasteiger partial charge >= 0.3 is 5.69 Å². The Bertz CT molecular complexity index is 472. The molecular weight excluding hydrogens is 258 g/mol. The van der Waals surface area contributed by atoms with Gasteiger partial charge in [-0.25, -0.2) is 9.97 Å². The molecule has 7 heteroatoms. The fraction of sp³-hybridized carbons (Fsp3) is 0.692. The van der Waals surface area contributed by atoms with Gasteiger partial charge in [-0.2, -0.15) is 0 Å². The zero-order chi connectivity index (χ0) is 13.9. The molecule has 7 nitrogen and oxygen atoms in total. The lowest BCUT2D eigenvalue weighted by molar-refractivity contribution is -0.385. The molecule has 0 radical (unpaired) electrons. The molecule has 0 bridgehead atoms. The van der Waals surface area contributed by atoms with Crippen LogP contribution < -0.4 is 10.2 Å². The largest absolute Gasteiger partial charge is 0.336 e. The van der Waals surface area contributed by atoms with Crippen molar-refractivity contribution in [3.05, 3.63) is 22.5 Å². The van der Waals surface area contributed by atoms with E-state index in [1.807, 2.05) is 0 Å². The first kappa shape index (κ1) is 13.2. The molecule has 1 aromatic heterocycles. The van der Waals surface area contributed by atoms with Crippen LogP contribution in [0.4, 0.5) is 11.6 Å². The second-order valence-corrected chi connectivity index (χ2v) is 5.46. The Morgan fingerprint density at radius 3 is 2.70 bits per heavy atom. The molecule has 2 unspecified atom stereocenters. The van der Waals surface area contributed by atoms with Crippen LogP contribution in [-0.2, 0) is 0 Å². The minimum atomic E-state index is -0.462. The Morgan fingerprint density at radius 1 is 1.25 bits per heavy atom. The first-order valence-corrected chi connectivity index (χ1v) is 7.22. The zero-order valence-electron chi connectivity index (χ0n) is 11.4. The fourth-order valence-electron chi connectivity index (χ4n) is 3.22. The Kier molecular flexibility index (Phi) is 3.77. The molecule has 0 aliphatic carbocycles. The molecular formula is C13H19N5O2. The first-order valence-electron chi connectivity index (χ1n) is 7.22. The van der Waals surface area contributed by atoms with Crippen LogP contribution in [0.15, 0.2) is 12.4 Å². The van der Waals surface area contributed by atoms with Gasteiger partial charge in [0.15, 0.2) is 0 Å². The molecule has 2 aliphatic heterocycles. The van der Waals surface area contributed by atoms with Gasteiger partial charge in [-0.1, -0.05) is 0 Å². The van der Waals surface area contributed by atoms with Gasteiger partial charge in [-0.3, -0.25) is 10.1 Å². The molecule has 0 amide bonds. The second kappa shape index (κ2) is 5.70. The predicted molar refractivity (Wildman–Crippen MR) is 74.7 cm³/mol. The van der Waals surface area contributed by atoms with Gasteiger partial charge in [0.05, 0.1) is 4.92 Å². The molecule has 0 spiro atoms. The monoisotopic (exact) mass is 277 g/mol. The summed E-state index contributed by atoms with van der Waals surface area (Å²) in [6.45, 7) is 2.01. The minimum absolute atomic E-state index is 0.0544. The molecule has 3 heterocycles. The van der Waals surface area contributed by atoms with Crippen molar-refractivity contribution < 1.29 is 4.92 Å². The maximum Gasteiger partial charge on any atom is 0.305 e. The number of nitrogens with zero attached hydrogens (tertiary/aromatic N) is 4. The highest BCUT2D eigenvalue weighted by atomic mass is 16.6. The lowest BCUT2D eigenvalue weighted by Gasteiger charge is -2.39. The summed E-state index contributed by atoms with van der Waals surface area (Å²) in [6, 6.07) is 0.904. The molecule has 1 aromatic rings. The fourth-order valence-corrected chi connectivity index (χ4v) is 3.22. The summed E-state index contributed by atoms with van der Waals surface area (Å²) in [6.07, 6.45) is 8.50. The van der Waals surface area contributed by atoms with Gasteiger partial charge in [0.1, 0.15) is 12.4 Å². The average molecular weight is 277 g/mol. The number of aromatic nitrogens is 2. The molecule has 3 rings (SSSR count). The van der Waals surface area contributed by atoms with Gasteiger partial charge < -0.3 is 10.2 Å². The third-order valence-corrected chi connectivity index (χ3v) is 4.20. The van der Waals surface area contributed by atoms with E-state index in [1.54, 1.807) is 0 Å². The highest BCUT2D eigenvalue weighted by molar-refractivity contribution is 5.36. The summed E-state index contributed by atoms with van der Waals surface area (Å²) in [5.74, 6) is 0.619. The third kappa shape index (κ3) is 2.58. The summed E-state index contributed by atoms with van der Waals surface area (Å²) in [4.78, 5) is 20.8. The molecule has 1 N–H and O–H groups in total. The molecule has 2 atom stereocenters. The number of nitrogens with one attached hydrogen (secondary N) is 1. The quantitative estimate of drug-likeness (QED) is 0.665. The second-order valence-electron chi connectivity index (χ2n) is 5.46. The summed E-state index contributed by atoms with van der Waals surface area (Å²) >= 11 is 0. The van der Waals surface area contributed by atoms with Crippen molar-refractivity contribution >= 4 is 11.6 Å². The van der Waals surface area contributed by atoms with Crippen LogP contribution in [0.5, 0.6) is 0 Å². The lowest BCUT2D eigenvalue weighted by atomic mass is 9.95. The topological polar surface area (TPSA) is 84.2 Å². The van der Waals surface area contributed by atoms with Crippen molar-refractivity contribution in [1.29, 1.82) is 0 Å². The number of piperidine rings is 1. The van der Waals surface area contributed by atoms with Gasteiger partial charge in [0, 0.05) is 18.6 Å². The van der Waals surface area contributed by atoms with Crippen LogP contribution in [0.3, 0.4) is 0 Å². The lowest BCUT2D eigenvalue weighted by Crippen LogP contribution is -2.51. The van der Waals surface area contributed by atoms with Crippen molar-refractivity contribution in [3.63, 3.8) is 0 Å². The Labute approximate surface area is 117 Å².